The van der Waals surface area contributed by atoms with Crippen molar-refractivity contribution in [3.8, 4) is 11.6 Å². The van der Waals surface area contributed by atoms with Crippen molar-refractivity contribution >= 4 is 28.9 Å². The summed E-state index contributed by atoms with van der Waals surface area (Å²) in [5.74, 6) is 1.72. The molecule has 0 spiro atoms. The standard InChI is InChI=1S/C14H11ClN6O/c15-9-3-4-11(18-6-9)21-13-12(16)14(20-8-19-13)22-10-2-1-5-17-7-10/h1-8H,16H2,(H,18,19,20,21). The lowest BCUT2D eigenvalue weighted by Gasteiger charge is -2.11. The molecule has 0 aliphatic carbocycles. The number of pyridine rings is 2. The van der Waals surface area contributed by atoms with Gasteiger partial charge in [0.05, 0.1) is 11.2 Å². The maximum Gasteiger partial charge on any atom is 0.248 e. The Hall–Kier alpha value is -2.93. The number of nitrogens with two attached hydrogens (primary N) is 1. The van der Waals surface area contributed by atoms with E-state index in [9.17, 15) is 0 Å². The van der Waals surface area contributed by atoms with Crippen LogP contribution in [0.3, 0.4) is 0 Å². The average molecular weight is 315 g/mol. The number of halogens is 1. The van der Waals surface area contributed by atoms with Crippen LogP contribution in [0.2, 0.25) is 5.02 Å². The number of anilines is 3. The molecule has 3 rings (SSSR count). The highest BCUT2D eigenvalue weighted by atomic mass is 35.5. The summed E-state index contributed by atoms with van der Waals surface area (Å²) in [6.45, 7) is 0. The molecule has 0 fully saturated rings. The fourth-order valence-corrected chi connectivity index (χ4v) is 1.76. The second-order valence-corrected chi connectivity index (χ2v) is 4.65. The van der Waals surface area contributed by atoms with Gasteiger partial charge in [0.15, 0.2) is 5.82 Å². The number of nitrogen functional groups attached to an aromatic ring is 1. The van der Waals surface area contributed by atoms with Crippen LogP contribution in [-0.4, -0.2) is 19.9 Å². The molecule has 0 amide bonds. The predicted molar refractivity (Wildman–Crippen MR) is 83.3 cm³/mol. The molecule has 3 aromatic heterocycles. The van der Waals surface area contributed by atoms with Gasteiger partial charge < -0.3 is 15.8 Å². The topological polar surface area (TPSA) is 98.8 Å². The van der Waals surface area contributed by atoms with E-state index in [4.69, 9.17) is 22.1 Å². The maximum atomic E-state index is 6.02. The summed E-state index contributed by atoms with van der Waals surface area (Å²) in [4.78, 5) is 16.2. The minimum absolute atomic E-state index is 0.236. The lowest BCUT2D eigenvalue weighted by atomic mass is 10.4. The first kappa shape index (κ1) is 14.0. The Balaban J connectivity index is 1.84. The largest absolute Gasteiger partial charge is 0.435 e. The first-order valence-corrected chi connectivity index (χ1v) is 6.67. The lowest BCUT2D eigenvalue weighted by molar-refractivity contribution is 0.462. The SMILES string of the molecule is Nc1c(Nc2ccc(Cl)cn2)ncnc1Oc1cccnc1. The smallest absolute Gasteiger partial charge is 0.248 e. The van der Waals surface area contributed by atoms with Crippen LogP contribution in [0.15, 0.2) is 49.2 Å². The number of nitrogens with one attached hydrogen (secondary N) is 1. The Morgan fingerprint density at radius 2 is 2.00 bits per heavy atom. The van der Waals surface area contributed by atoms with Gasteiger partial charge in [0, 0.05) is 12.4 Å². The molecule has 0 aliphatic heterocycles. The van der Waals surface area contributed by atoms with Gasteiger partial charge in [0.1, 0.15) is 23.6 Å². The van der Waals surface area contributed by atoms with Gasteiger partial charge in [-0.2, -0.15) is 4.98 Å². The monoisotopic (exact) mass is 314 g/mol. The molecule has 110 valence electrons. The van der Waals surface area contributed by atoms with Crippen molar-refractivity contribution < 1.29 is 4.74 Å². The van der Waals surface area contributed by atoms with E-state index in [1.54, 1.807) is 36.7 Å². The van der Waals surface area contributed by atoms with Crippen LogP contribution in [0.25, 0.3) is 0 Å². The number of aromatic nitrogens is 4. The van der Waals surface area contributed by atoms with E-state index in [-0.39, 0.29) is 11.6 Å². The number of hydrogen-bond donors (Lipinski definition) is 2. The fourth-order valence-electron chi connectivity index (χ4n) is 1.65. The van der Waals surface area contributed by atoms with E-state index in [0.29, 0.717) is 22.4 Å². The quantitative estimate of drug-likeness (QED) is 0.763. The molecular formula is C14H11ClN6O. The van der Waals surface area contributed by atoms with E-state index in [1.165, 1.54) is 12.5 Å². The second-order valence-electron chi connectivity index (χ2n) is 4.22. The van der Waals surface area contributed by atoms with E-state index in [2.05, 4.69) is 25.3 Å². The van der Waals surface area contributed by atoms with Crippen LogP contribution in [0.4, 0.5) is 17.3 Å². The molecule has 0 aromatic carbocycles. The van der Waals surface area contributed by atoms with Gasteiger partial charge in [-0.05, 0) is 24.3 Å². The summed E-state index contributed by atoms with van der Waals surface area (Å²) in [5, 5.41) is 3.53. The van der Waals surface area contributed by atoms with Crippen molar-refractivity contribution in [2.45, 2.75) is 0 Å². The summed E-state index contributed by atoms with van der Waals surface area (Å²) in [7, 11) is 0. The van der Waals surface area contributed by atoms with E-state index < -0.39 is 0 Å². The van der Waals surface area contributed by atoms with Gasteiger partial charge in [-0.15, -0.1) is 0 Å². The zero-order valence-corrected chi connectivity index (χ0v) is 12.0. The summed E-state index contributed by atoms with van der Waals surface area (Å²) >= 11 is 5.79. The molecule has 3 aromatic rings. The van der Waals surface area contributed by atoms with Gasteiger partial charge in [-0.1, -0.05) is 11.6 Å². The third-order valence-electron chi connectivity index (χ3n) is 2.67. The Morgan fingerprint density at radius 1 is 1.09 bits per heavy atom. The van der Waals surface area contributed by atoms with E-state index in [0.717, 1.165) is 0 Å². The number of hydrogen-bond acceptors (Lipinski definition) is 7. The summed E-state index contributed by atoms with van der Waals surface area (Å²) < 4.78 is 5.59. The fraction of sp³-hybridized carbons (Fsp3) is 0. The molecule has 3 heterocycles. The number of nitrogens with zero attached hydrogens (tertiary/aromatic N) is 4. The molecule has 0 saturated heterocycles. The molecule has 22 heavy (non-hydrogen) atoms. The highest BCUT2D eigenvalue weighted by molar-refractivity contribution is 6.30. The van der Waals surface area contributed by atoms with Crippen LogP contribution in [0, 0.1) is 0 Å². The number of rotatable bonds is 4. The van der Waals surface area contributed by atoms with Crippen LogP contribution in [-0.2, 0) is 0 Å². The molecule has 3 N–H and O–H groups in total. The predicted octanol–water partition coefficient (Wildman–Crippen LogP) is 3.04. The van der Waals surface area contributed by atoms with Gasteiger partial charge in [-0.25, -0.2) is 9.97 Å². The zero-order chi connectivity index (χ0) is 15.4. The minimum atomic E-state index is 0.236. The van der Waals surface area contributed by atoms with Gasteiger partial charge in [-0.3, -0.25) is 4.98 Å². The van der Waals surface area contributed by atoms with Gasteiger partial charge in [0.25, 0.3) is 0 Å². The summed E-state index contributed by atoms with van der Waals surface area (Å²) in [6.07, 6.45) is 6.08. The Bertz CT molecular complexity index is 766. The van der Waals surface area contributed by atoms with Crippen LogP contribution in [0.5, 0.6) is 11.6 Å². The third-order valence-corrected chi connectivity index (χ3v) is 2.89. The summed E-state index contributed by atoms with van der Waals surface area (Å²) in [6, 6.07) is 6.93. The second kappa shape index (κ2) is 6.23. The molecule has 0 unspecified atom stereocenters. The minimum Gasteiger partial charge on any atom is -0.435 e. The molecule has 0 bridgehead atoms. The Morgan fingerprint density at radius 3 is 2.73 bits per heavy atom. The van der Waals surface area contributed by atoms with Gasteiger partial charge in [0.2, 0.25) is 5.88 Å². The third kappa shape index (κ3) is 3.21. The van der Waals surface area contributed by atoms with E-state index >= 15 is 0 Å². The van der Waals surface area contributed by atoms with Crippen LogP contribution < -0.4 is 15.8 Å². The van der Waals surface area contributed by atoms with E-state index in [1.807, 2.05) is 0 Å². The summed E-state index contributed by atoms with van der Waals surface area (Å²) in [5.41, 5.74) is 6.29. The highest BCUT2D eigenvalue weighted by Crippen LogP contribution is 2.30. The molecule has 8 heteroatoms. The zero-order valence-electron chi connectivity index (χ0n) is 11.3. The first-order valence-electron chi connectivity index (χ1n) is 6.29. The average Bonchev–Trinajstić information content (AvgIpc) is 2.54. The normalized spacial score (nSPS) is 10.2. The van der Waals surface area contributed by atoms with Crippen molar-refractivity contribution in [2.75, 3.05) is 11.1 Å². The highest BCUT2D eigenvalue weighted by Gasteiger charge is 2.11. The van der Waals surface area contributed by atoms with Crippen molar-refractivity contribution in [2.24, 2.45) is 0 Å². The first-order chi connectivity index (χ1) is 10.7. The van der Waals surface area contributed by atoms with Crippen molar-refractivity contribution in [1.82, 2.24) is 19.9 Å². The van der Waals surface area contributed by atoms with Gasteiger partial charge >= 0.3 is 0 Å². The molecule has 0 aliphatic rings. The van der Waals surface area contributed by atoms with Crippen molar-refractivity contribution in [3.63, 3.8) is 0 Å². The Labute approximate surface area is 131 Å². The van der Waals surface area contributed by atoms with Crippen LogP contribution in [0.1, 0.15) is 0 Å². The van der Waals surface area contributed by atoms with Crippen molar-refractivity contribution in [3.05, 3.63) is 54.2 Å². The molecule has 0 radical (unpaired) electrons. The Kier molecular flexibility index (Phi) is 3.97. The van der Waals surface area contributed by atoms with Crippen molar-refractivity contribution in [1.29, 1.82) is 0 Å². The maximum absolute atomic E-state index is 6.02. The number of ether oxygens (including phenoxy) is 1. The van der Waals surface area contributed by atoms with Crippen LogP contribution >= 0.6 is 11.6 Å². The lowest BCUT2D eigenvalue weighted by Crippen LogP contribution is -2.03. The molecular weight excluding hydrogens is 304 g/mol. The molecule has 0 atom stereocenters. The molecule has 0 saturated carbocycles. The molecule has 7 nitrogen and oxygen atoms in total.